The average Bonchev–Trinajstić information content (AvgIpc) is 3.19. The summed E-state index contributed by atoms with van der Waals surface area (Å²) < 4.78 is 14.9. The fourth-order valence-electron chi connectivity index (χ4n) is 2.20. The molecule has 1 aliphatic carbocycles. The summed E-state index contributed by atoms with van der Waals surface area (Å²) in [6, 6.07) is 5.54. The first-order chi connectivity index (χ1) is 9.74. The van der Waals surface area contributed by atoms with Gasteiger partial charge in [-0.15, -0.1) is 0 Å². The van der Waals surface area contributed by atoms with Crippen LogP contribution in [0.2, 0.25) is 0 Å². The number of carbonyl (C=O) groups is 1. The fourth-order valence-corrected chi connectivity index (χ4v) is 2.20. The number of nitrogens with zero attached hydrogens (tertiary/aromatic N) is 2. The van der Waals surface area contributed by atoms with E-state index in [9.17, 15) is 9.18 Å². The predicted molar refractivity (Wildman–Crippen MR) is 72.9 cm³/mol. The summed E-state index contributed by atoms with van der Waals surface area (Å²) in [4.78, 5) is 16.2. The van der Waals surface area contributed by atoms with E-state index in [0.29, 0.717) is 24.6 Å². The van der Waals surface area contributed by atoms with Crippen molar-refractivity contribution in [2.75, 3.05) is 6.54 Å². The van der Waals surface area contributed by atoms with E-state index in [1.165, 1.54) is 37.1 Å². The number of imidazole rings is 1. The largest absolute Gasteiger partial charge is 0.350 e. The standard InChI is InChI=1S/C15H16FN3O/c16-13-5-3-12(4-6-13)15(20)18-8-10-19-9-7-17-14(19)11-1-2-11/h3-7,9,11H,1-2,8,10H2,(H,18,20). The number of hydrogen-bond donors (Lipinski definition) is 1. The fraction of sp³-hybridized carbons (Fsp3) is 0.333. The number of benzene rings is 1. The van der Waals surface area contributed by atoms with Crippen LogP contribution in [0, 0.1) is 5.82 Å². The lowest BCUT2D eigenvalue weighted by Gasteiger charge is -2.08. The van der Waals surface area contributed by atoms with Gasteiger partial charge in [0.1, 0.15) is 11.6 Å². The molecule has 1 aromatic carbocycles. The van der Waals surface area contributed by atoms with Crippen molar-refractivity contribution in [1.82, 2.24) is 14.9 Å². The molecule has 3 rings (SSSR count). The Hall–Kier alpha value is -2.17. The number of amides is 1. The summed E-state index contributed by atoms with van der Waals surface area (Å²) >= 11 is 0. The van der Waals surface area contributed by atoms with Crippen molar-refractivity contribution in [2.24, 2.45) is 0 Å². The van der Waals surface area contributed by atoms with E-state index >= 15 is 0 Å². The second-order valence-electron chi connectivity index (χ2n) is 5.02. The Bertz CT molecular complexity index is 602. The quantitative estimate of drug-likeness (QED) is 0.909. The molecule has 20 heavy (non-hydrogen) atoms. The molecule has 1 amide bonds. The maximum absolute atomic E-state index is 12.8. The molecule has 1 N–H and O–H groups in total. The van der Waals surface area contributed by atoms with Crippen LogP contribution in [0.15, 0.2) is 36.7 Å². The van der Waals surface area contributed by atoms with Crippen LogP contribution >= 0.6 is 0 Å². The zero-order chi connectivity index (χ0) is 13.9. The number of aromatic nitrogens is 2. The van der Waals surface area contributed by atoms with Gasteiger partial charge in [-0.05, 0) is 37.1 Å². The lowest BCUT2D eigenvalue weighted by molar-refractivity contribution is 0.0952. The van der Waals surface area contributed by atoms with Gasteiger partial charge in [0.25, 0.3) is 5.91 Å². The zero-order valence-electron chi connectivity index (χ0n) is 11.1. The maximum Gasteiger partial charge on any atom is 0.251 e. The Morgan fingerprint density at radius 3 is 2.80 bits per heavy atom. The highest BCUT2D eigenvalue weighted by Crippen LogP contribution is 2.38. The van der Waals surface area contributed by atoms with Crippen LogP contribution in [0.3, 0.4) is 0 Å². The first-order valence-corrected chi connectivity index (χ1v) is 6.79. The number of hydrogen-bond acceptors (Lipinski definition) is 2. The third-order valence-corrected chi connectivity index (χ3v) is 3.43. The zero-order valence-corrected chi connectivity index (χ0v) is 11.1. The van der Waals surface area contributed by atoms with Crippen molar-refractivity contribution >= 4 is 5.91 Å². The van der Waals surface area contributed by atoms with Gasteiger partial charge in [-0.3, -0.25) is 4.79 Å². The minimum atomic E-state index is -0.339. The van der Waals surface area contributed by atoms with Crippen LogP contribution in [-0.2, 0) is 6.54 Å². The summed E-state index contributed by atoms with van der Waals surface area (Å²) in [5.41, 5.74) is 0.472. The van der Waals surface area contributed by atoms with Crippen molar-refractivity contribution in [3.8, 4) is 0 Å². The molecule has 104 valence electrons. The van der Waals surface area contributed by atoms with Crippen molar-refractivity contribution in [2.45, 2.75) is 25.3 Å². The summed E-state index contributed by atoms with van der Waals surface area (Å²) in [5, 5.41) is 2.83. The van der Waals surface area contributed by atoms with Crippen LogP contribution < -0.4 is 5.32 Å². The van der Waals surface area contributed by atoms with Crippen LogP contribution in [0.1, 0.15) is 34.9 Å². The highest BCUT2D eigenvalue weighted by Gasteiger charge is 2.27. The molecular weight excluding hydrogens is 257 g/mol. The monoisotopic (exact) mass is 273 g/mol. The van der Waals surface area contributed by atoms with Gasteiger partial charge in [-0.1, -0.05) is 0 Å². The third-order valence-electron chi connectivity index (χ3n) is 3.43. The van der Waals surface area contributed by atoms with Gasteiger partial charge in [0, 0.05) is 37.0 Å². The molecule has 1 fully saturated rings. The van der Waals surface area contributed by atoms with E-state index in [1.54, 1.807) is 6.20 Å². The Kier molecular flexibility index (Phi) is 3.50. The summed E-state index contributed by atoms with van der Waals surface area (Å²) in [7, 11) is 0. The van der Waals surface area contributed by atoms with Crippen molar-refractivity contribution in [3.63, 3.8) is 0 Å². The highest BCUT2D eigenvalue weighted by atomic mass is 19.1. The van der Waals surface area contributed by atoms with Crippen molar-refractivity contribution in [3.05, 3.63) is 53.9 Å². The molecular formula is C15H16FN3O. The smallest absolute Gasteiger partial charge is 0.251 e. The highest BCUT2D eigenvalue weighted by molar-refractivity contribution is 5.94. The Morgan fingerprint density at radius 2 is 2.10 bits per heavy atom. The number of nitrogens with one attached hydrogen (secondary N) is 1. The van der Waals surface area contributed by atoms with E-state index in [2.05, 4.69) is 14.9 Å². The van der Waals surface area contributed by atoms with Crippen LogP contribution in [0.5, 0.6) is 0 Å². The Balaban J connectivity index is 1.53. The van der Waals surface area contributed by atoms with E-state index < -0.39 is 0 Å². The molecule has 1 heterocycles. The van der Waals surface area contributed by atoms with Crippen LogP contribution in [0.4, 0.5) is 4.39 Å². The summed E-state index contributed by atoms with van der Waals surface area (Å²) in [6.45, 7) is 1.24. The maximum atomic E-state index is 12.8. The van der Waals surface area contributed by atoms with Gasteiger partial charge < -0.3 is 9.88 Å². The van der Waals surface area contributed by atoms with Crippen LogP contribution in [0.25, 0.3) is 0 Å². The minimum absolute atomic E-state index is 0.182. The normalized spacial score (nSPS) is 14.2. The molecule has 0 aliphatic heterocycles. The van der Waals surface area contributed by atoms with E-state index in [-0.39, 0.29) is 11.7 Å². The van der Waals surface area contributed by atoms with Gasteiger partial charge in [0.05, 0.1) is 0 Å². The second kappa shape index (κ2) is 5.45. The molecule has 0 unspecified atom stereocenters. The average molecular weight is 273 g/mol. The van der Waals surface area contributed by atoms with Crippen molar-refractivity contribution in [1.29, 1.82) is 0 Å². The molecule has 1 aromatic heterocycles. The SMILES string of the molecule is O=C(NCCn1ccnc1C1CC1)c1ccc(F)cc1. The number of carbonyl (C=O) groups excluding carboxylic acids is 1. The van der Waals surface area contributed by atoms with E-state index in [1.807, 2.05) is 6.20 Å². The topological polar surface area (TPSA) is 46.9 Å². The molecule has 0 radical (unpaired) electrons. The molecule has 0 saturated heterocycles. The molecule has 0 bridgehead atoms. The Labute approximate surface area is 116 Å². The number of halogens is 1. The minimum Gasteiger partial charge on any atom is -0.350 e. The number of rotatable bonds is 5. The molecule has 0 atom stereocenters. The lowest BCUT2D eigenvalue weighted by Crippen LogP contribution is -2.27. The predicted octanol–water partition coefficient (Wildman–Crippen LogP) is 2.33. The molecule has 5 heteroatoms. The second-order valence-corrected chi connectivity index (χ2v) is 5.02. The third kappa shape index (κ3) is 2.87. The Morgan fingerprint density at radius 1 is 1.35 bits per heavy atom. The first-order valence-electron chi connectivity index (χ1n) is 6.79. The van der Waals surface area contributed by atoms with Gasteiger partial charge in [0.2, 0.25) is 0 Å². The molecule has 1 aliphatic rings. The van der Waals surface area contributed by atoms with E-state index in [0.717, 1.165) is 5.82 Å². The first kappa shape index (κ1) is 12.8. The molecule has 1 saturated carbocycles. The van der Waals surface area contributed by atoms with Crippen LogP contribution in [-0.4, -0.2) is 22.0 Å². The molecule has 2 aromatic rings. The van der Waals surface area contributed by atoms with Gasteiger partial charge in [-0.2, -0.15) is 0 Å². The van der Waals surface area contributed by atoms with Gasteiger partial charge in [0.15, 0.2) is 0 Å². The molecule has 4 nitrogen and oxygen atoms in total. The molecule has 0 spiro atoms. The lowest BCUT2D eigenvalue weighted by atomic mass is 10.2. The summed E-state index contributed by atoms with van der Waals surface area (Å²) in [5.74, 6) is 1.19. The van der Waals surface area contributed by atoms with Gasteiger partial charge >= 0.3 is 0 Å². The van der Waals surface area contributed by atoms with Gasteiger partial charge in [-0.25, -0.2) is 9.37 Å². The summed E-state index contributed by atoms with van der Waals surface area (Å²) in [6.07, 6.45) is 6.16. The van der Waals surface area contributed by atoms with E-state index in [4.69, 9.17) is 0 Å². The van der Waals surface area contributed by atoms with Crippen molar-refractivity contribution < 1.29 is 9.18 Å².